The second-order valence-corrected chi connectivity index (χ2v) is 5.46. The van der Waals surface area contributed by atoms with Crippen LogP contribution in [0.3, 0.4) is 0 Å². The van der Waals surface area contributed by atoms with Crippen molar-refractivity contribution in [2.24, 2.45) is 0 Å². The van der Waals surface area contributed by atoms with Crippen molar-refractivity contribution >= 4 is 33.3 Å². The number of sulfonamides is 1. The first-order valence-electron chi connectivity index (χ1n) is 4.24. The summed E-state index contributed by atoms with van der Waals surface area (Å²) in [5.41, 5.74) is 0.194. The van der Waals surface area contributed by atoms with Crippen LogP contribution in [0.5, 0.6) is 0 Å². The summed E-state index contributed by atoms with van der Waals surface area (Å²) in [7, 11) is -3.68. The molecule has 7 heteroatoms. The number of aliphatic carboxylic acids is 1. The first-order chi connectivity index (χ1) is 7.30. The topological polar surface area (TPSA) is 77.5 Å². The van der Waals surface area contributed by atoms with Crippen LogP contribution in [0.1, 0.15) is 0 Å². The van der Waals surface area contributed by atoms with Crippen LogP contribution in [0.25, 0.3) is 0 Å². The van der Waals surface area contributed by atoms with Crippen LogP contribution in [0.2, 0.25) is 5.02 Å². The maximum atomic E-state index is 11.4. The van der Waals surface area contributed by atoms with E-state index in [1.807, 2.05) is 0 Å². The second-order valence-electron chi connectivity index (χ2n) is 3.12. The fourth-order valence-electron chi connectivity index (χ4n) is 1.15. The van der Waals surface area contributed by atoms with E-state index in [2.05, 4.69) is 0 Å². The third kappa shape index (κ3) is 3.39. The average molecular weight is 263 g/mol. The van der Waals surface area contributed by atoms with Crippen molar-refractivity contribution in [1.82, 2.24) is 0 Å². The molecule has 0 radical (unpaired) electrons. The Labute approximate surface area is 98.3 Å². The molecule has 1 aromatic carbocycles. The molecular weight excluding hydrogens is 254 g/mol. The highest BCUT2D eigenvalue weighted by Gasteiger charge is 2.17. The minimum absolute atomic E-state index is 0.194. The van der Waals surface area contributed by atoms with Gasteiger partial charge in [0, 0.05) is 5.02 Å². The summed E-state index contributed by atoms with van der Waals surface area (Å²) in [6, 6.07) is 5.91. The number of anilines is 1. The summed E-state index contributed by atoms with van der Waals surface area (Å²) in [6.45, 7) is -0.737. The van der Waals surface area contributed by atoms with Gasteiger partial charge in [-0.25, -0.2) is 8.42 Å². The lowest BCUT2D eigenvalue weighted by Gasteiger charge is -2.22. The van der Waals surface area contributed by atoms with Gasteiger partial charge in [0.1, 0.15) is 0 Å². The van der Waals surface area contributed by atoms with Gasteiger partial charge < -0.3 is 9.90 Å². The standard InChI is InChI=1S/C9H10ClNO4S/c1-16(14,15)11(6-9(12)13)8-4-2-3-7(10)5-8/h2-5H,6H2,1H3,(H,12,13)/p-1. The molecule has 0 N–H and O–H groups in total. The highest BCUT2D eigenvalue weighted by Crippen LogP contribution is 2.21. The van der Waals surface area contributed by atoms with Crippen LogP contribution < -0.4 is 9.41 Å². The average Bonchev–Trinajstić information content (AvgIpc) is 2.12. The molecule has 0 aliphatic carbocycles. The molecule has 0 fully saturated rings. The van der Waals surface area contributed by atoms with Gasteiger partial charge in [0.05, 0.1) is 24.5 Å². The summed E-state index contributed by atoms with van der Waals surface area (Å²) < 4.78 is 23.5. The Hall–Kier alpha value is -1.27. The van der Waals surface area contributed by atoms with E-state index in [1.54, 1.807) is 6.07 Å². The fourth-order valence-corrected chi connectivity index (χ4v) is 2.17. The van der Waals surface area contributed by atoms with Gasteiger partial charge in [0.2, 0.25) is 10.0 Å². The van der Waals surface area contributed by atoms with Gasteiger partial charge in [-0.15, -0.1) is 0 Å². The quantitative estimate of drug-likeness (QED) is 0.756. The first-order valence-corrected chi connectivity index (χ1v) is 6.46. The lowest BCUT2D eigenvalue weighted by Crippen LogP contribution is -2.41. The molecule has 0 spiro atoms. The van der Waals surface area contributed by atoms with Crippen LogP contribution in [-0.4, -0.2) is 27.2 Å². The van der Waals surface area contributed by atoms with Crippen molar-refractivity contribution in [2.45, 2.75) is 0 Å². The maximum Gasteiger partial charge on any atom is 0.232 e. The Bertz CT molecular complexity index is 500. The Morgan fingerprint density at radius 2 is 2.12 bits per heavy atom. The van der Waals surface area contributed by atoms with Crippen molar-refractivity contribution in [3.8, 4) is 0 Å². The Balaban J connectivity index is 3.16. The van der Waals surface area contributed by atoms with Crippen LogP contribution in [0, 0.1) is 0 Å². The number of hydrogen-bond acceptors (Lipinski definition) is 4. The highest BCUT2D eigenvalue weighted by molar-refractivity contribution is 7.92. The van der Waals surface area contributed by atoms with Crippen LogP contribution in [0.15, 0.2) is 24.3 Å². The molecule has 1 aromatic rings. The third-order valence-corrected chi connectivity index (χ3v) is 3.14. The number of carbonyl (C=O) groups excluding carboxylic acids is 1. The van der Waals surface area contributed by atoms with Crippen molar-refractivity contribution in [1.29, 1.82) is 0 Å². The maximum absolute atomic E-state index is 11.4. The lowest BCUT2D eigenvalue weighted by molar-refractivity contribution is -0.303. The SMILES string of the molecule is CS(=O)(=O)N(CC(=O)[O-])c1cccc(Cl)c1. The highest BCUT2D eigenvalue weighted by atomic mass is 35.5. The van der Waals surface area contributed by atoms with Gasteiger partial charge in [0.15, 0.2) is 0 Å². The molecule has 0 aliphatic rings. The third-order valence-electron chi connectivity index (χ3n) is 1.77. The minimum Gasteiger partial charge on any atom is -0.548 e. The summed E-state index contributed by atoms with van der Waals surface area (Å²) in [5.74, 6) is -1.48. The predicted octanol–water partition coefficient (Wildman–Crippen LogP) is -0.144. The largest absolute Gasteiger partial charge is 0.548 e. The number of carboxylic acid groups (broad SMARTS) is 1. The van der Waals surface area contributed by atoms with Gasteiger partial charge in [0.25, 0.3) is 0 Å². The minimum atomic E-state index is -3.68. The molecule has 0 saturated carbocycles. The molecule has 0 heterocycles. The molecule has 5 nitrogen and oxygen atoms in total. The second kappa shape index (κ2) is 4.71. The van der Waals surface area contributed by atoms with E-state index < -0.39 is 22.5 Å². The molecule has 0 saturated heterocycles. The van der Waals surface area contributed by atoms with E-state index in [0.29, 0.717) is 9.33 Å². The molecule has 0 unspecified atom stereocenters. The van der Waals surface area contributed by atoms with E-state index in [4.69, 9.17) is 11.6 Å². The van der Waals surface area contributed by atoms with E-state index >= 15 is 0 Å². The molecule has 16 heavy (non-hydrogen) atoms. The van der Waals surface area contributed by atoms with Gasteiger partial charge in [-0.05, 0) is 18.2 Å². The number of benzene rings is 1. The molecule has 1 rings (SSSR count). The monoisotopic (exact) mass is 262 g/mol. The van der Waals surface area contributed by atoms with Crippen LogP contribution in [0.4, 0.5) is 5.69 Å². The number of carbonyl (C=O) groups is 1. The summed E-state index contributed by atoms with van der Waals surface area (Å²) >= 11 is 5.69. The number of carboxylic acids is 1. The van der Waals surface area contributed by atoms with Gasteiger partial charge in [-0.2, -0.15) is 0 Å². The summed E-state index contributed by atoms with van der Waals surface area (Å²) in [4.78, 5) is 10.5. The Morgan fingerprint density at radius 3 is 2.56 bits per heavy atom. The molecule has 0 atom stereocenters. The molecule has 0 aromatic heterocycles. The molecule has 0 amide bonds. The normalized spacial score (nSPS) is 11.1. The number of nitrogens with zero attached hydrogens (tertiary/aromatic N) is 1. The Kier molecular flexibility index (Phi) is 3.77. The number of rotatable bonds is 4. The zero-order chi connectivity index (χ0) is 12.3. The van der Waals surface area contributed by atoms with E-state index in [9.17, 15) is 18.3 Å². The number of hydrogen-bond donors (Lipinski definition) is 0. The predicted molar refractivity (Wildman–Crippen MR) is 58.6 cm³/mol. The zero-order valence-electron chi connectivity index (χ0n) is 8.38. The van der Waals surface area contributed by atoms with Crippen LogP contribution >= 0.6 is 11.6 Å². The van der Waals surface area contributed by atoms with Gasteiger partial charge in [-0.3, -0.25) is 4.31 Å². The van der Waals surface area contributed by atoms with E-state index in [0.717, 1.165) is 6.26 Å². The van der Waals surface area contributed by atoms with E-state index in [-0.39, 0.29) is 5.69 Å². The van der Waals surface area contributed by atoms with Gasteiger partial charge in [-0.1, -0.05) is 17.7 Å². The summed E-state index contributed by atoms with van der Waals surface area (Å²) in [5, 5.41) is 10.8. The van der Waals surface area contributed by atoms with E-state index in [1.165, 1.54) is 18.2 Å². The van der Waals surface area contributed by atoms with Gasteiger partial charge >= 0.3 is 0 Å². The van der Waals surface area contributed by atoms with Crippen LogP contribution in [-0.2, 0) is 14.8 Å². The lowest BCUT2D eigenvalue weighted by atomic mass is 10.3. The Morgan fingerprint density at radius 1 is 1.50 bits per heavy atom. The summed E-state index contributed by atoms with van der Waals surface area (Å²) in [6.07, 6.45) is 0.914. The first kappa shape index (κ1) is 12.8. The molecule has 88 valence electrons. The fraction of sp³-hybridized carbons (Fsp3) is 0.222. The van der Waals surface area contributed by atoms with Crippen molar-refractivity contribution in [3.05, 3.63) is 29.3 Å². The molecule has 0 bridgehead atoms. The smallest absolute Gasteiger partial charge is 0.232 e. The molecule has 0 aliphatic heterocycles. The number of halogens is 1. The van der Waals surface area contributed by atoms with Crippen molar-refractivity contribution in [3.63, 3.8) is 0 Å². The van der Waals surface area contributed by atoms with Crippen molar-refractivity contribution < 1.29 is 18.3 Å². The molecular formula is C9H9ClNO4S-. The zero-order valence-corrected chi connectivity index (χ0v) is 9.96. The van der Waals surface area contributed by atoms with Crippen molar-refractivity contribution in [2.75, 3.05) is 17.1 Å².